The van der Waals surface area contributed by atoms with E-state index in [-0.39, 0.29) is 11.6 Å². The first-order valence-electron chi connectivity index (χ1n) is 10.5. The number of hydrogen-bond acceptors (Lipinski definition) is 6. The molecule has 162 valence electrons. The van der Waals surface area contributed by atoms with Crippen molar-refractivity contribution in [2.75, 3.05) is 18.0 Å². The second kappa shape index (κ2) is 7.99. The molecule has 0 spiro atoms. The second-order valence-electron chi connectivity index (χ2n) is 8.08. The third kappa shape index (κ3) is 3.66. The fourth-order valence-electron chi connectivity index (χ4n) is 4.14. The zero-order chi connectivity index (χ0) is 22.2. The SMILES string of the molecule is Cc1cnc(N2CCC(n3nnc4cc(-c5ccc(C(N)=O)cc5F)ccc43)CC2)nc1. The fraction of sp³-hybridized carbons (Fsp3) is 0.261. The first-order chi connectivity index (χ1) is 15.5. The van der Waals surface area contributed by atoms with Crippen LogP contribution in [0.3, 0.4) is 0 Å². The number of amides is 1. The number of fused-ring (bicyclic) bond motifs is 1. The van der Waals surface area contributed by atoms with Crippen LogP contribution < -0.4 is 10.6 Å². The predicted octanol–water partition coefficient (Wildman–Crippen LogP) is 3.28. The third-order valence-electron chi connectivity index (χ3n) is 5.90. The fourth-order valence-corrected chi connectivity index (χ4v) is 4.14. The van der Waals surface area contributed by atoms with Gasteiger partial charge < -0.3 is 10.6 Å². The van der Waals surface area contributed by atoms with Gasteiger partial charge in [-0.15, -0.1) is 5.10 Å². The zero-order valence-electron chi connectivity index (χ0n) is 17.6. The predicted molar refractivity (Wildman–Crippen MR) is 119 cm³/mol. The number of aromatic nitrogens is 5. The van der Waals surface area contributed by atoms with Gasteiger partial charge >= 0.3 is 0 Å². The van der Waals surface area contributed by atoms with Crippen LogP contribution in [0.1, 0.15) is 34.8 Å². The largest absolute Gasteiger partial charge is 0.366 e. The van der Waals surface area contributed by atoms with E-state index in [9.17, 15) is 9.18 Å². The molecule has 2 aromatic carbocycles. The molecule has 5 rings (SSSR count). The van der Waals surface area contributed by atoms with Crippen LogP contribution in [0.15, 0.2) is 48.8 Å². The summed E-state index contributed by atoms with van der Waals surface area (Å²) in [6, 6.07) is 10.0. The molecule has 1 saturated heterocycles. The van der Waals surface area contributed by atoms with Gasteiger partial charge in [-0.1, -0.05) is 17.3 Å². The number of piperidine rings is 1. The lowest BCUT2D eigenvalue weighted by molar-refractivity contribution is 0.1000. The highest BCUT2D eigenvalue weighted by atomic mass is 19.1. The van der Waals surface area contributed by atoms with E-state index in [1.807, 2.05) is 42.2 Å². The lowest BCUT2D eigenvalue weighted by Crippen LogP contribution is -2.36. The van der Waals surface area contributed by atoms with Crippen molar-refractivity contribution >= 4 is 22.9 Å². The molecule has 9 heteroatoms. The van der Waals surface area contributed by atoms with Gasteiger partial charge in [0.05, 0.1) is 11.6 Å². The van der Waals surface area contributed by atoms with Crippen molar-refractivity contribution in [1.29, 1.82) is 0 Å². The average Bonchev–Trinajstić information content (AvgIpc) is 3.23. The maximum atomic E-state index is 14.5. The summed E-state index contributed by atoms with van der Waals surface area (Å²) in [6.45, 7) is 3.65. The average molecular weight is 431 g/mol. The second-order valence-corrected chi connectivity index (χ2v) is 8.08. The van der Waals surface area contributed by atoms with E-state index in [1.165, 1.54) is 6.07 Å². The number of carbonyl (C=O) groups is 1. The number of benzene rings is 2. The standard InChI is InChI=1S/C23H22FN7O/c1-14-12-26-23(27-13-14)30-8-6-17(7-9-30)31-21-5-3-15(11-20(21)28-29-31)18-4-2-16(22(25)32)10-19(18)24/h2-5,10-13,17H,6-9H2,1H3,(H2,25,32). The maximum absolute atomic E-state index is 14.5. The summed E-state index contributed by atoms with van der Waals surface area (Å²) >= 11 is 0. The van der Waals surface area contributed by atoms with E-state index in [1.54, 1.807) is 6.07 Å². The number of rotatable bonds is 4. The molecule has 0 bridgehead atoms. The first kappa shape index (κ1) is 20.0. The molecule has 0 radical (unpaired) electrons. The van der Waals surface area contributed by atoms with E-state index in [4.69, 9.17) is 5.73 Å². The Hall–Kier alpha value is -3.88. The highest BCUT2D eigenvalue weighted by Crippen LogP contribution is 2.30. The van der Waals surface area contributed by atoms with Crippen molar-refractivity contribution in [2.45, 2.75) is 25.8 Å². The van der Waals surface area contributed by atoms with Crippen LogP contribution in [0.25, 0.3) is 22.2 Å². The number of nitrogens with zero attached hydrogens (tertiary/aromatic N) is 6. The molecule has 0 atom stereocenters. The maximum Gasteiger partial charge on any atom is 0.248 e. The number of carbonyl (C=O) groups excluding carboxylic acids is 1. The van der Waals surface area contributed by atoms with Gasteiger partial charge in [0, 0.05) is 36.6 Å². The van der Waals surface area contributed by atoms with E-state index in [2.05, 4.69) is 25.2 Å². The number of halogens is 1. The Morgan fingerprint density at radius 3 is 2.53 bits per heavy atom. The Kier molecular flexibility index (Phi) is 5.01. The number of nitrogens with two attached hydrogens (primary N) is 1. The molecule has 2 N–H and O–H groups in total. The smallest absolute Gasteiger partial charge is 0.248 e. The molecular formula is C23H22FN7O. The van der Waals surface area contributed by atoms with Crippen molar-refractivity contribution in [1.82, 2.24) is 25.0 Å². The summed E-state index contributed by atoms with van der Waals surface area (Å²) in [5, 5.41) is 8.71. The summed E-state index contributed by atoms with van der Waals surface area (Å²) in [7, 11) is 0. The van der Waals surface area contributed by atoms with Crippen LogP contribution in [0.2, 0.25) is 0 Å². The Morgan fingerprint density at radius 1 is 1.09 bits per heavy atom. The third-order valence-corrected chi connectivity index (χ3v) is 5.90. The molecule has 1 aliphatic heterocycles. The lowest BCUT2D eigenvalue weighted by Gasteiger charge is -2.32. The molecule has 0 saturated carbocycles. The van der Waals surface area contributed by atoms with Gasteiger partial charge in [-0.3, -0.25) is 4.79 Å². The van der Waals surface area contributed by atoms with Gasteiger partial charge in [0.1, 0.15) is 11.3 Å². The molecule has 0 unspecified atom stereocenters. The Bertz CT molecular complexity index is 1290. The lowest BCUT2D eigenvalue weighted by atomic mass is 10.0. The molecule has 1 aliphatic rings. The van der Waals surface area contributed by atoms with Crippen LogP contribution in [-0.4, -0.2) is 44.0 Å². The molecule has 8 nitrogen and oxygen atoms in total. The van der Waals surface area contributed by atoms with Crippen LogP contribution in [0.4, 0.5) is 10.3 Å². The molecule has 0 aliphatic carbocycles. The quantitative estimate of drug-likeness (QED) is 0.532. The number of aryl methyl sites for hydroxylation is 1. The van der Waals surface area contributed by atoms with Crippen molar-refractivity contribution in [2.24, 2.45) is 5.73 Å². The summed E-state index contributed by atoms with van der Waals surface area (Å²) in [5.74, 6) is -0.404. The Balaban J connectivity index is 1.36. The molecule has 32 heavy (non-hydrogen) atoms. The van der Waals surface area contributed by atoms with Crippen molar-refractivity contribution in [3.05, 3.63) is 65.7 Å². The number of hydrogen-bond donors (Lipinski definition) is 1. The monoisotopic (exact) mass is 431 g/mol. The number of anilines is 1. The van der Waals surface area contributed by atoms with Gasteiger partial charge in [-0.2, -0.15) is 0 Å². The Morgan fingerprint density at radius 2 is 1.84 bits per heavy atom. The molecule has 4 aromatic rings. The Labute approximate surface area is 183 Å². The summed E-state index contributed by atoms with van der Waals surface area (Å²) < 4.78 is 16.5. The zero-order valence-corrected chi connectivity index (χ0v) is 17.6. The summed E-state index contributed by atoms with van der Waals surface area (Å²) in [6.07, 6.45) is 5.48. The van der Waals surface area contributed by atoms with Crippen molar-refractivity contribution < 1.29 is 9.18 Å². The molecule has 2 aromatic heterocycles. The van der Waals surface area contributed by atoms with Gasteiger partial charge in [0.15, 0.2) is 0 Å². The first-order valence-corrected chi connectivity index (χ1v) is 10.5. The van der Waals surface area contributed by atoms with Crippen molar-refractivity contribution in [3.63, 3.8) is 0 Å². The minimum absolute atomic E-state index is 0.139. The van der Waals surface area contributed by atoms with Crippen LogP contribution in [0, 0.1) is 12.7 Å². The van der Waals surface area contributed by atoms with Gasteiger partial charge in [0.2, 0.25) is 11.9 Å². The minimum atomic E-state index is -0.658. The highest BCUT2D eigenvalue weighted by molar-refractivity contribution is 5.93. The van der Waals surface area contributed by atoms with Crippen LogP contribution >= 0.6 is 0 Å². The molecule has 3 heterocycles. The van der Waals surface area contributed by atoms with E-state index in [0.717, 1.165) is 49.0 Å². The van der Waals surface area contributed by atoms with Crippen molar-refractivity contribution in [3.8, 4) is 11.1 Å². The minimum Gasteiger partial charge on any atom is -0.366 e. The molecule has 1 amide bonds. The summed E-state index contributed by atoms with van der Waals surface area (Å²) in [5.41, 5.74) is 9.08. The van der Waals surface area contributed by atoms with Gasteiger partial charge in [0.25, 0.3) is 0 Å². The topological polar surface area (TPSA) is 103 Å². The van der Waals surface area contributed by atoms with E-state index in [0.29, 0.717) is 16.6 Å². The van der Waals surface area contributed by atoms with Gasteiger partial charge in [-0.05, 0) is 55.2 Å². The van der Waals surface area contributed by atoms with Gasteiger partial charge in [-0.25, -0.2) is 19.0 Å². The molecule has 1 fully saturated rings. The summed E-state index contributed by atoms with van der Waals surface area (Å²) in [4.78, 5) is 22.3. The normalized spacial score (nSPS) is 14.8. The highest BCUT2D eigenvalue weighted by Gasteiger charge is 2.24. The molecular weight excluding hydrogens is 409 g/mol. The van der Waals surface area contributed by atoms with E-state index < -0.39 is 11.7 Å². The number of primary amides is 1. The van der Waals surface area contributed by atoms with Crippen LogP contribution in [0.5, 0.6) is 0 Å². The van der Waals surface area contributed by atoms with Crippen LogP contribution in [-0.2, 0) is 0 Å². The van der Waals surface area contributed by atoms with E-state index >= 15 is 0 Å².